The van der Waals surface area contributed by atoms with Crippen LogP contribution in [0.15, 0.2) is 49.0 Å². The number of aromatic nitrogens is 1. The van der Waals surface area contributed by atoms with Gasteiger partial charge in [-0.3, -0.25) is 14.4 Å². The van der Waals surface area contributed by atoms with Gasteiger partial charge in [-0.2, -0.15) is 0 Å². The molecule has 2 aromatic rings. The first-order chi connectivity index (χ1) is 20.4. The topological polar surface area (TPSA) is 127 Å². The summed E-state index contributed by atoms with van der Waals surface area (Å²) in [6.07, 6.45) is -0.493. The Balaban J connectivity index is 1.85. The molecule has 0 radical (unpaired) electrons. The second-order valence-corrected chi connectivity index (χ2v) is 11.0. The Kier molecular flexibility index (Phi) is 11.7. The molecule has 232 valence electrons. The molecule has 43 heavy (non-hydrogen) atoms. The SMILES string of the molecule is C=C(OCC)c1cc(C(=O)NC(CCC(=O)OC(C)(C)C)C(=O)N2CCN(C(=O)OCC)CC2)nc(-c2ccccc2)c1. The molecule has 0 aliphatic carbocycles. The Morgan fingerprint density at radius 2 is 1.58 bits per heavy atom. The third kappa shape index (κ3) is 9.83. The summed E-state index contributed by atoms with van der Waals surface area (Å²) >= 11 is 0. The van der Waals surface area contributed by atoms with E-state index >= 15 is 0 Å². The van der Waals surface area contributed by atoms with Gasteiger partial charge in [-0.25, -0.2) is 9.78 Å². The van der Waals surface area contributed by atoms with Crippen molar-refractivity contribution in [3.8, 4) is 11.3 Å². The minimum Gasteiger partial charge on any atom is -0.494 e. The summed E-state index contributed by atoms with van der Waals surface area (Å²) in [5, 5.41) is 2.80. The molecule has 11 nitrogen and oxygen atoms in total. The maximum absolute atomic E-state index is 13.7. The lowest BCUT2D eigenvalue weighted by molar-refractivity contribution is -0.155. The van der Waals surface area contributed by atoms with Crippen LogP contribution < -0.4 is 5.32 Å². The smallest absolute Gasteiger partial charge is 0.409 e. The molecule has 1 saturated heterocycles. The highest BCUT2D eigenvalue weighted by molar-refractivity contribution is 5.97. The predicted molar refractivity (Wildman–Crippen MR) is 162 cm³/mol. The number of hydrogen-bond acceptors (Lipinski definition) is 8. The van der Waals surface area contributed by atoms with E-state index < -0.39 is 29.6 Å². The van der Waals surface area contributed by atoms with Crippen molar-refractivity contribution in [2.45, 2.75) is 59.1 Å². The Hall–Kier alpha value is -4.41. The number of nitrogens with zero attached hydrogens (tertiary/aromatic N) is 3. The van der Waals surface area contributed by atoms with Crippen LogP contribution in [0.1, 0.15) is 63.5 Å². The van der Waals surface area contributed by atoms with E-state index in [0.29, 0.717) is 36.7 Å². The Morgan fingerprint density at radius 1 is 0.953 bits per heavy atom. The van der Waals surface area contributed by atoms with Crippen molar-refractivity contribution in [2.75, 3.05) is 39.4 Å². The van der Waals surface area contributed by atoms with Gasteiger partial charge in [0.2, 0.25) is 5.91 Å². The zero-order valence-corrected chi connectivity index (χ0v) is 25.7. The van der Waals surface area contributed by atoms with Crippen LogP contribution in [0.25, 0.3) is 17.0 Å². The maximum Gasteiger partial charge on any atom is 0.409 e. The summed E-state index contributed by atoms with van der Waals surface area (Å²) < 4.78 is 16.1. The molecule has 1 atom stereocenters. The fourth-order valence-corrected chi connectivity index (χ4v) is 4.51. The lowest BCUT2D eigenvalue weighted by atomic mass is 10.1. The summed E-state index contributed by atoms with van der Waals surface area (Å²) in [7, 11) is 0. The van der Waals surface area contributed by atoms with Crippen molar-refractivity contribution in [1.29, 1.82) is 0 Å². The van der Waals surface area contributed by atoms with Crippen LogP contribution in [0.2, 0.25) is 0 Å². The van der Waals surface area contributed by atoms with Gasteiger partial charge in [0.15, 0.2) is 0 Å². The molecule has 3 rings (SSSR count). The number of pyridine rings is 1. The number of rotatable bonds is 11. The standard InChI is InChI=1S/C32H42N4O7/c1-7-41-22(3)24-20-26(23-12-10-9-11-13-23)33-27(21-24)29(38)34-25(14-15-28(37)43-32(4,5)6)30(39)35-16-18-36(19-17-35)31(40)42-8-2/h9-13,20-21,25H,3,7-8,14-19H2,1-2,4-6H3,(H,34,38). The van der Waals surface area contributed by atoms with Crippen LogP contribution in [0, 0.1) is 0 Å². The monoisotopic (exact) mass is 594 g/mol. The van der Waals surface area contributed by atoms with Crippen LogP contribution in [0.5, 0.6) is 0 Å². The highest BCUT2D eigenvalue weighted by atomic mass is 16.6. The number of nitrogens with one attached hydrogen (secondary N) is 1. The van der Waals surface area contributed by atoms with Gasteiger partial charge in [0.25, 0.3) is 5.91 Å². The lowest BCUT2D eigenvalue weighted by Crippen LogP contribution is -2.56. The van der Waals surface area contributed by atoms with E-state index in [2.05, 4.69) is 16.9 Å². The Labute approximate surface area is 253 Å². The molecule has 1 unspecified atom stereocenters. The number of carbonyl (C=O) groups is 4. The van der Waals surface area contributed by atoms with E-state index in [1.54, 1.807) is 44.7 Å². The van der Waals surface area contributed by atoms with Crippen LogP contribution in [0.4, 0.5) is 4.79 Å². The summed E-state index contributed by atoms with van der Waals surface area (Å²) in [5.74, 6) is -1.05. The summed E-state index contributed by atoms with van der Waals surface area (Å²) in [5.41, 5.74) is 1.28. The number of amides is 3. The number of carbonyl (C=O) groups excluding carboxylic acids is 4. The zero-order valence-electron chi connectivity index (χ0n) is 25.7. The number of piperazine rings is 1. The Bertz CT molecular complexity index is 1300. The zero-order chi connectivity index (χ0) is 31.6. The number of esters is 1. The molecule has 0 bridgehead atoms. The van der Waals surface area contributed by atoms with Crippen molar-refractivity contribution >= 4 is 29.6 Å². The minimum absolute atomic E-state index is 0.0223. The van der Waals surface area contributed by atoms with Crippen molar-refractivity contribution < 1.29 is 33.4 Å². The second kappa shape index (κ2) is 15.2. The molecule has 1 aliphatic heterocycles. The molecule has 0 spiro atoms. The fourth-order valence-electron chi connectivity index (χ4n) is 4.51. The van der Waals surface area contributed by atoms with E-state index in [-0.39, 0.29) is 44.1 Å². The van der Waals surface area contributed by atoms with Crippen LogP contribution in [-0.2, 0) is 23.8 Å². The van der Waals surface area contributed by atoms with Crippen LogP contribution in [-0.4, -0.2) is 89.7 Å². The molecule has 11 heteroatoms. The molecule has 1 fully saturated rings. The molecule has 3 amide bonds. The van der Waals surface area contributed by atoms with Crippen LogP contribution >= 0.6 is 0 Å². The van der Waals surface area contributed by atoms with Gasteiger partial charge >= 0.3 is 12.1 Å². The third-order valence-corrected chi connectivity index (χ3v) is 6.55. The van der Waals surface area contributed by atoms with E-state index in [9.17, 15) is 19.2 Å². The number of hydrogen-bond donors (Lipinski definition) is 1. The second-order valence-electron chi connectivity index (χ2n) is 11.0. The van der Waals surface area contributed by atoms with Gasteiger partial charge in [0, 0.05) is 43.7 Å². The quantitative estimate of drug-likeness (QED) is 0.302. The predicted octanol–water partition coefficient (Wildman–Crippen LogP) is 4.28. The Morgan fingerprint density at radius 3 is 2.19 bits per heavy atom. The van der Waals surface area contributed by atoms with Crippen molar-refractivity contribution in [2.24, 2.45) is 0 Å². The summed E-state index contributed by atoms with van der Waals surface area (Å²) in [6, 6.07) is 11.7. The number of benzene rings is 1. The van der Waals surface area contributed by atoms with Crippen molar-refractivity contribution in [1.82, 2.24) is 20.1 Å². The van der Waals surface area contributed by atoms with Gasteiger partial charge in [-0.15, -0.1) is 0 Å². The molecule has 1 N–H and O–H groups in total. The van der Waals surface area contributed by atoms with Gasteiger partial charge in [-0.05, 0) is 53.2 Å². The van der Waals surface area contributed by atoms with Gasteiger partial charge in [0.1, 0.15) is 23.1 Å². The molecule has 1 aromatic carbocycles. The molecule has 1 aliphatic rings. The maximum atomic E-state index is 13.7. The van der Waals surface area contributed by atoms with E-state index in [4.69, 9.17) is 14.2 Å². The van der Waals surface area contributed by atoms with Gasteiger partial charge in [-0.1, -0.05) is 36.9 Å². The van der Waals surface area contributed by atoms with Crippen molar-refractivity contribution in [3.63, 3.8) is 0 Å². The lowest BCUT2D eigenvalue weighted by Gasteiger charge is -2.36. The van der Waals surface area contributed by atoms with Crippen LogP contribution in [0.3, 0.4) is 0 Å². The largest absolute Gasteiger partial charge is 0.494 e. The summed E-state index contributed by atoms with van der Waals surface area (Å²) in [6.45, 7) is 14.6. The molecule has 0 saturated carbocycles. The molecule has 2 heterocycles. The minimum atomic E-state index is -1.03. The first kappa shape index (κ1) is 33.1. The van der Waals surface area contributed by atoms with Crippen molar-refractivity contribution in [3.05, 3.63) is 60.3 Å². The average Bonchev–Trinajstić information content (AvgIpc) is 2.98. The molecular formula is C32H42N4O7. The first-order valence-electron chi connectivity index (χ1n) is 14.5. The normalized spacial score (nSPS) is 14.0. The highest BCUT2D eigenvalue weighted by Gasteiger charge is 2.32. The van der Waals surface area contributed by atoms with Gasteiger partial charge in [0.05, 0.1) is 18.9 Å². The third-order valence-electron chi connectivity index (χ3n) is 6.55. The van der Waals surface area contributed by atoms with E-state index in [0.717, 1.165) is 5.56 Å². The molecular weight excluding hydrogens is 552 g/mol. The average molecular weight is 595 g/mol. The fraction of sp³-hybridized carbons (Fsp3) is 0.469. The van der Waals surface area contributed by atoms with E-state index in [1.165, 1.54) is 4.90 Å². The van der Waals surface area contributed by atoms with Gasteiger partial charge < -0.3 is 29.3 Å². The highest BCUT2D eigenvalue weighted by Crippen LogP contribution is 2.24. The summed E-state index contributed by atoms with van der Waals surface area (Å²) in [4.78, 5) is 59.7. The number of ether oxygens (including phenoxy) is 3. The molecule has 1 aromatic heterocycles. The first-order valence-corrected chi connectivity index (χ1v) is 14.5. The van der Waals surface area contributed by atoms with E-state index in [1.807, 2.05) is 37.3 Å².